The van der Waals surface area contributed by atoms with Crippen LogP contribution in [0.4, 0.5) is 0 Å². The van der Waals surface area contributed by atoms with Crippen LogP contribution in [-0.4, -0.2) is 18.4 Å². The fourth-order valence-corrected chi connectivity index (χ4v) is 1.87. The summed E-state index contributed by atoms with van der Waals surface area (Å²) in [6, 6.07) is 5.62. The monoisotopic (exact) mass is 205 g/mol. The Bertz CT molecular complexity index is 387. The van der Waals surface area contributed by atoms with Gasteiger partial charge >= 0.3 is 0 Å². The Morgan fingerprint density at radius 2 is 2.40 bits per heavy atom. The van der Waals surface area contributed by atoms with Gasteiger partial charge in [-0.3, -0.25) is 4.79 Å². The van der Waals surface area contributed by atoms with E-state index in [1.54, 1.807) is 0 Å². The summed E-state index contributed by atoms with van der Waals surface area (Å²) in [5.74, 6) is 1.02. The minimum absolute atomic E-state index is 0.111. The van der Waals surface area contributed by atoms with E-state index in [0.29, 0.717) is 13.0 Å². The Kier molecular flexibility index (Phi) is 2.73. The Hall–Kier alpha value is -1.35. The van der Waals surface area contributed by atoms with Crippen molar-refractivity contribution in [1.29, 1.82) is 0 Å². The molecule has 1 unspecified atom stereocenters. The van der Waals surface area contributed by atoms with Gasteiger partial charge in [-0.15, -0.1) is 0 Å². The molecule has 2 rings (SSSR count). The third kappa shape index (κ3) is 2.02. The average Bonchev–Trinajstić information content (AvgIpc) is 2.57. The van der Waals surface area contributed by atoms with E-state index in [-0.39, 0.29) is 11.9 Å². The summed E-state index contributed by atoms with van der Waals surface area (Å²) < 4.78 is 5.57. The van der Waals surface area contributed by atoms with Crippen LogP contribution in [0, 0.1) is 0 Å². The Morgan fingerprint density at radius 1 is 1.60 bits per heavy atom. The van der Waals surface area contributed by atoms with Crippen LogP contribution in [0.3, 0.4) is 0 Å². The molecule has 0 bridgehead atoms. The molecule has 0 amide bonds. The molecule has 1 atom stereocenters. The van der Waals surface area contributed by atoms with Crippen LogP contribution >= 0.6 is 0 Å². The highest BCUT2D eigenvalue weighted by Gasteiger charge is 2.19. The van der Waals surface area contributed by atoms with Gasteiger partial charge in [-0.25, -0.2) is 0 Å². The van der Waals surface area contributed by atoms with Crippen molar-refractivity contribution in [3.63, 3.8) is 0 Å². The summed E-state index contributed by atoms with van der Waals surface area (Å²) in [6.45, 7) is 2.43. The molecular formula is C12H15NO2. The molecule has 0 aliphatic carbocycles. The van der Waals surface area contributed by atoms with Crippen molar-refractivity contribution in [1.82, 2.24) is 0 Å². The second-order valence-corrected chi connectivity index (χ2v) is 3.92. The molecule has 15 heavy (non-hydrogen) atoms. The summed E-state index contributed by atoms with van der Waals surface area (Å²) in [4.78, 5) is 11.6. The third-order valence-electron chi connectivity index (χ3n) is 2.59. The van der Waals surface area contributed by atoms with E-state index in [1.807, 2.05) is 25.1 Å². The Labute approximate surface area is 89.2 Å². The largest absolute Gasteiger partial charge is 0.490 e. The zero-order valence-corrected chi connectivity index (χ0v) is 8.82. The number of benzene rings is 1. The van der Waals surface area contributed by atoms with Crippen LogP contribution in [0.2, 0.25) is 0 Å². The van der Waals surface area contributed by atoms with Crippen LogP contribution in [0.15, 0.2) is 18.2 Å². The van der Waals surface area contributed by atoms with Gasteiger partial charge in [0.1, 0.15) is 11.9 Å². The van der Waals surface area contributed by atoms with Crippen LogP contribution in [-0.2, 0) is 6.42 Å². The highest BCUT2D eigenvalue weighted by atomic mass is 16.5. The van der Waals surface area contributed by atoms with E-state index < -0.39 is 0 Å². The van der Waals surface area contributed by atoms with E-state index in [0.717, 1.165) is 23.3 Å². The molecule has 0 saturated carbocycles. The van der Waals surface area contributed by atoms with E-state index in [4.69, 9.17) is 10.5 Å². The zero-order chi connectivity index (χ0) is 10.8. The lowest BCUT2D eigenvalue weighted by molar-refractivity contribution is 0.0985. The average molecular weight is 205 g/mol. The maximum atomic E-state index is 11.6. The molecule has 1 heterocycles. The number of hydrogen-bond acceptors (Lipinski definition) is 3. The van der Waals surface area contributed by atoms with E-state index in [9.17, 15) is 4.79 Å². The molecular weight excluding hydrogens is 190 g/mol. The first kappa shape index (κ1) is 10.2. The molecule has 0 spiro atoms. The second kappa shape index (κ2) is 4.03. The minimum Gasteiger partial charge on any atom is -0.490 e. The smallest absolute Gasteiger partial charge is 0.164 e. The Balaban J connectivity index is 2.23. The number of rotatable bonds is 3. The summed E-state index contributed by atoms with van der Waals surface area (Å²) in [7, 11) is 0. The standard InChI is InChI=1S/C12H15NO2/c1-8-6-10-7-9(11(14)4-5-13)2-3-12(10)15-8/h2-3,7-8H,4-6,13H2,1H3. The highest BCUT2D eigenvalue weighted by molar-refractivity contribution is 5.96. The normalized spacial score (nSPS) is 18.4. The fraction of sp³-hybridized carbons (Fsp3) is 0.417. The van der Waals surface area contributed by atoms with E-state index >= 15 is 0 Å². The number of carbonyl (C=O) groups excluding carboxylic acids is 1. The van der Waals surface area contributed by atoms with Crippen molar-refractivity contribution in [3.05, 3.63) is 29.3 Å². The SMILES string of the molecule is CC1Cc2cc(C(=O)CCN)ccc2O1. The molecule has 1 aromatic carbocycles. The van der Waals surface area contributed by atoms with Crippen molar-refractivity contribution in [3.8, 4) is 5.75 Å². The lowest BCUT2D eigenvalue weighted by Crippen LogP contribution is -2.08. The highest BCUT2D eigenvalue weighted by Crippen LogP contribution is 2.29. The molecule has 2 N–H and O–H groups in total. The molecule has 0 aromatic heterocycles. The van der Waals surface area contributed by atoms with Crippen molar-refractivity contribution in [2.75, 3.05) is 6.54 Å². The van der Waals surface area contributed by atoms with Crippen LogP contribution < -0.4 is 10.5 Å². The van der Waals surface area contributed by atoms with Crippen LogP contribution in [0.5, 0.6) is 5.75 Å². The first-order valence-corrected chi connectivity index (χ1v) is 5.23. The van der Waals surface area contributed by atoms with Gasteiger partial charge in [0.25, 0.3) is 0 Å². The predicted molar refractivity (Wildman–Crippen MR) is 58.2 cm³/mol. The summed E-state index contributed by atoms with van der Waals surface area (Å²) in [5, 5.41) is 0. The number of hydrogen-bond donors (Lipinski definition) is 1. The quantitative estimate of drug-likeness (QED) is 0.761. The van der Waals surface area contributed by atoms with Gasteiger partial charge in [0.2, 0.25) is 0 Å². The zero-order valence-electron chi connectivity index (χ0n) is 8.82. The first-order valence-electron chi connectivity index (χ1n) is 5.23. The number of Topliss-reactive ketones (excluding diaryl/α,β-unsaturated/α-hetero) is 1. The molecule has 1 aromatic rings. The fourth-order valence-electron chi connectivity index (χ4n) is 1.87. The van der Waals surface area contributed by atoms with Gasteiger partial charge in [-0.2, -0.15) is 0 Å². The van der Waals surface area contributed by atoms with Crippen molar-refractivity contribution >= 4 is 5.78 Å². The molecule has 1 aliphatic heterocycles. The van der Waals surface area contributed by atoms with Crippen molar-refractivity contribution in [2.45, 2.75) is 25.9 Å². The number of ketones is 1. The lowest BCUT2D eigenvalue weighted by Gasteiger charge is -2.03. The molecule has 80 valence electrons. The summed E-state index contributed by atoms with van der Waals surface area (Å²) in [6.07, 6.45) is 1.52. The van der Waals surface area contributed by atoms with Gasteiger partial charge < -0.3 is 10.5 Å². The number of nitrogens with two attached hydrogens (primary N) is 1. The molecule has 1 aliphatic rings. The first-order chi connectivity index (χ1) is 7.20. The van der Waals surface area contributed by atoms with E-state index in [2.05, 4.69) is 0 Å². The molecule has 0 radical (unpaired) electrons. The van der Waals surface area contributed by atoms with Gasteiger partial charge in [0, 0.05) is 18.4 Å². The molecule has 0 saturated heterocycles. The topological polar surface area (TPSA) is 52.3 Å². The van der Waals surface area contributed by atoms with Gasteiger partial charge in [0.05, 0.1) is 0 Å². The number of fused-ring (bicyclic) bond motifs is 1. The lowest BCUT2D eigenvalue weighted by atomic mass is 10.0. The van der Waals surface area contributed by atoms with Crippen LogP contribution in [0.1, 0.15) is 29.3 Å². The van der Waals surface area contributed by atoms with Crippen LogP contribution in [0.25, 0.3) is 0 Å². The molecule has 3 nitrogen and oxygen atoms in total. The maximum absolute atomic E-state index is 11.6. The summed E-state index contributed by atoms with van der Waals surface area (Å²) in [5.41, 5.74) is 7.23. The van der Waals surface area contributed by atoms with Crippen molar-refractivity contribution in [2.24, 2.45) is 5.73 Å². The Morgan fingerprint density at radius 3 is 3.13 bits per heavy atom. The maximum Gasteiger partial charge on any atom is 0.164 e. The number of ether oxygens (including phenoxy) is 1. The van der Waals surface area contributed by atoms with Gasteiger partial charge in [0.15, 0.2) is 5.78 Å². The van der Waals surface area contributed by atoms with Gasteiger partial charge in [-0.1, -0.05) is 0 Å². The summed E-state index contributed by atoms with van der Waals surface area (Å²) >= 11 is 0. The predicted octanol–water partition coefficient (Wildman–Crippen LogP) is 1.54. The minimum atomic E-state index is 0.111. The van der Waals surface area contributed by atoms with Crippen molar-refractivity contribution < 1.29 is 9.53 Å². The number of carbonyl (C=O) groups is 1. The van der Waals surface area contributed by atoms with E-state index in [1.165, 1.54) is 0 Å². The second-order valence-electron chi connectivity index (χ2n) is 3.92. The molecule has 0 fully saturated rings. The third-order valence-corrected chi connectivity index (χ3v) is 2.59. The molecule has 3 heteroatoms. The van der Waals surface area contributed by atoms with Gasteiger partial charge in [-0.05, 0) is 37.2 Å².